The van der Waals surface area contributed by atoms with Crippen molar-refractivity contribution < 1.29 is 14.3 Å². The molecule has 1 aliphatic carbocycles. The number of hydrogen-bond acceptors (Lipinski definition) is 4. The van der Waals surface area contributed by atoms with Crippen LogP contribution in [0.4, 0.5) is 4.79 Å². The monoisotopic (exact) mass is 370 g/mol. The summed E-state index contributed by atoms with van der Waals surface area (Å²) in [5.41, 5.74) is -0.447. The highest BCUT2D eigenvalue weighted by atomic mass is 79.9. The van der Waals surface area contributed by atoms with Gasteiger partial charge in [0, 0.05) is 12.6 Å². The van der Waals surface area contributed by atoms with Crippen molar-refractivity contribution in [2.45, 2.75) is 39.2 Å². The predicted octanol–water partition coefficient (Wildman–Crippen LogP) is 3.77. The highest BCUT2D eigenvalue weighted by molar-refractivity contribution is 9.10. The summed E-state index contributed by atoms with van der Waals surface area (Å²) < 4.78 is 11.7. The molecule has 122 valence electrons. The Bertz CT molecular complexity index is 510. The molecule has 6 heteroatoms. The Morgan fingerprint density at radius 3 is 2.73 bits per heavy atom. The third-order valence-corrected chi connectivity index (χ3v) is 3.87. The van der Waals surface area contributed by atoms with Gasteiger partial charge in [0.15, 0.2) is 0 Å². The van der Waals surface area contributed by atoms with E-state index in [1.807, 2.05) is 39.0 Å². The van der Waals surface area contributed by atoms with Crippen molar-refractivity contribution in [3.8, 4) is 5.88 Å². The Morgan fingerprint density at radius 1 is 1.36 bits per heavy atom. The van der Waals surface area contributed by atoms with Crippen molar-refractivity contribution in [2.24, 2.45) is 11.8 Å². The molecule has 1 aliphatic rings. The van der Waals surface area contributed by atoms with E-state index in [4.69, 9.17) is 9.47 Å². The summed E-state index contributed by atoms with van der Waals surface area (Å²) in [6.07, 6.45) is 1.78. The summed E-state index contributed by atoms with van der Waals surface area (Å²) in [4.78, 5) is 15.8. The van der Waals surface area contributed by atoms with Crippen molar-refractivity contribution in [3.63, 3.8) is 0 Å². The van der Waals surface area contributed by atoms with Crippen LogP contribution in [0.15, 0.2) is 22.8 Å². The molecule has 0 saturated heterocycles. The average molecular weight is 371 g/mol. The summed E-state index contributed by atoms with van der Waals surface area (Å²) >= 11 is 3.32. The van der Waals surface area contributed by atoms with Gasteiger partial charge in [-0.2, -0.15) is 0 Å². The van der Waals surface area contributed by atoms with E-state index < -0.39 is 5.60 Å². The average Bonchev–Trinajstić information content (AvgIpc) is 2.34. The molecule has 1 saturated carbocycles. The normalized spacial score (nSPS) is 20.9. The third kappa shape index (κ3) is 5.83. The number of hydrogen-bond donors (Lipinski definition) is 1. The van der Waals surface area contributed by atoms with Gasteiger partial charge in [0.2, 0.25) is 5.88 Å². The van der Waals surface area contributed by atoms with Gasteiger partial charge < -0.3 is 14.8 Å². The number of carbonyl (C=O) groups is 1. The predicted molar refractivity (Wildman–Crippen MR) is 87.9 cm³/mol. The van der Waals surface area contributed by atoms with Gasteiger partial charge >= 0.3 is 6.09 Å². The molecule has 0 atom stereocenters. The number of halogens is 1. The number of nitrogens with one attached hydrogen (secondary N) is 1. The molecule has 1 amide bonds. The van der Waals surface area contributed by atoms with E-state index in [2.05, 4.69) is 26.2 Å². The highest BCUT2D eigenvalue weighted by Crippen LogP contribution is 2.33. The molecule has 0 aliphatic heterocycles. The highest BCUT2D eigenvalue weighted by Gasteiger charge is 2.30. The maximum atomic E-state index is 11.6. The molecule has 0 aromatic carbocycles. The second-order valence-corrected chi connectivity index (χ2v) is 7.51. The molecule has 1 aromatic heterocycles. The lowest BCUT2D eigenvalue weighted by Gasteiger charge is -2.35. The van der Waals surface area contributed by atoms with Crippen LogP contribution in [-0.2, 0) is 4.74 Å². The van der Waals surface area contributed by atoms with Crippen molar-refractivity contribution >= 4 is 22.0 Å². The van der Waals surface area contributed by atoms with Gasteiger partial charge in [-0.05, 0) is 67.4 Å². The number of nitrogens with zero attached hydrogens (tertiary/aromatic N) is 1. The molecule has 0 radical (unpaired) electrons. The molecule has 1 aromatic rings. The minimum Gasteiger partial charge on any atom is -0.477 e. The molecule has 0 unspecified atom stereocenters. The molecular formula is C16H23BrN2O3. The number of carbonyl (C=O) groups excluding carboxylic acids is 1. The maximum absolute atomic E-state index is 11.6. The quantitative estimate of drug-likeness (QED) is 0.801. The second-order valence-electron chi connectivity index (χ2n) is 6.70. The zero-order valence-corrected chi connectivity index (χ0v) is 14.9. The zero-order chi connectivity index (χ0) is 16.2. The molecule has 2 rings (SSSR count). The Hall–Kier alpha value is -1.30. The summed E-state index contributed by atoms with van der Waals surface area (Å²) in [5, 5.41) is 2.82. The lowest BCUT2D eigenvalue weighted by atomic mass is 9.75. The van der Waals surface area contributed by atoms with Crippen LogP contribution in [0, 0.1) is 11.8 Å². The van der Waals surface area contributed by atoms with E-state index >= 15 is 0 Å². The first-order valence-electron chi connectivity index (χ1n) is 7.54. The number of rotatable bonds is 5. The fraction of sp³-hybridized carbons (Fsp3) is 0.625. The lowest BCUT2D eigenvalue weighted by Crippen LogP contribution is -2.40. The molecule has 1 fully saturated rings. The van der Waals surface area contributed by atoms with Gasteiger partial charge in [0.25, 0.3) is 0 Å². The topological polar surface area (TPSA) is 60.5 Å². The van der Waals surface area contributed by atoms with Crippen LogP contribution in [0.3, 0.4) is 0 Å². The zero-order valence-electron chi connectivity index (χ0n) is 13.3. The molecule has 1 heterocycles. The standard InChI is InChI=1S/C16H23BrN2O3/c1-16(2,3)22-15(20)18-9-11-7-12(8-11)10-21-14-6-4-5-13(17)19-14/h4-6,11-12H,7-10H2,1-3H3,(H,18,20). The van der Waals surface area contributed by atoms with Gasteiger partial charge in [-0.1, -0.05) is 6.07 Å². The SMILES string of the molecule is CC(C)(C)OC(=O)NCC1CC(COc2cccc(Br)n2)C1. The van der Waals surface area contributed by atoms with E-state index in [-0.39, 0.29) is 6.09 Å². The first-order chi connectivity index (χ1) is 10.3. The Labute approximate surface area is 139 Å². The number of aromatic nitrogens is 1. The van der Waals surface area contributed by atoms with Gasteiger partial charge in [-0.25, -0.2) is 9.78 Å². The number of alkyl carbamates (subject to hydrolysis) is 1. The number of amides is 1. The maximum Gasteiger partial charge on any atom is 0.407 e. The van der Waals surface area contributed by atoms with Crippen LogP contribution in [0.1, 0.15) is 33.6 Å². The minimum absolute atomic E-state index is 0.342. The minimum atomic E-state index is -0.447. The van der Waals surface area contributed by atoms with E-state index in [9.17, 15) is 4.79 Å². The lowest BCUT2D eigenvalue weighted by molar-refractivity contribution is 0.0484. The van der Waals surface area contributed by atoms with Crippen molar-refractivity contribution in [1.82, 2.24) is 10.3 Å². The fourth-order valence-corrected chi connectivity index (χ4v) is 2.72. The fourth-order valence-electron chi connectivity index (χ4n) is 2.39. The van der Waals surface area contributed by atoms with Crippen molar-refractivity contribution in [3.05, 3.63) is 22.8 Å². The Morgan fingerprint density at radius 2 is 2.09 bits per heavy atom. The van der Waals surface area contributed by atoms with Gasteiger partial charge in [-0.15, -0.1) is 0 Å². The summed E-state index contributed by atoms with van der Waals surface area (Å²) in [6, 6.07) is 5.63. The molecule has 0 spiro atoms. The number of pyridine rings is 1. The molecule has 22 heavy (non-hydrogen) atoms. The first-order valence-corrected chi connectivity index (χ1v) is 8.33. The van der Waals surface area contributed by atoms with Crippen LogP contribution < -0.4 is 10.1 Å². The Kier molecular flexibility index (Phi) is 5.67. The van der Waals surface area contributed by atoms with E-state index in [0.717, 1.165) is 17.4 Å². The molecule has 1 N–H and O–H groups in total. The van der Waals surface area contributed by atoms with Gasteiger partial charge in [0.1, 0.15) is 10.2 Å². The smallest absolute Gasteiger partial charge is 0.407 e. The van der Waals surface area contributed by atoms with Crippen LogP contribution in [0.5, 0.6) is 5.88 Å². The van der Waals surface area contributed by atoms with Crippen molar-refractivity contribution in [1.29, 1.82) is 0 Å². The second kappa shape index (κ2) is 7.31. The molecule has 5 nitrogen and oxygen atoms in total. The van der Waals surface area contributed by atoms with E-state index in [1.165, 1.54) is 0 Å². The van der Waals surface area contributed by atoms with Crippen LogP contribution >= 0.6 is 15.9 Å². The number of ether oxygens (including phenoxy) is 2. The van der Waals surface area contributed by atoms with Crippen molar-refractivity contribution in [2.75, 3.05) is 13.2 Å². The third-order valence-electron chi connectivity index (χ3n) is 3.42. The van der Waals surface area contributed by atoms with Crippen LogP contribution in [0.25, 0.3) is 0 Å². The Balaban J connectivity index is 1.59. The van der Waals surface area contributed by atoms with Gasteiger partial charge in [0.05, 0.1) is 6.61 Å². The first kappa shape index (κ1) is 17.1. The van der Waals surface area contributed by atoms with Gasteiger partial charge in [-0.3, -0.25) is 0 Å². The van der Waals surface area contributed by atoms with Crippen LogP contribution in [-0.4, -0.2) is 29.8 Å². The molecule has 0 bridgehead atoms. The summed E-state index contributed by atoms with van der Waals surface area (Å²) in [7, 11) is 0. The summed E-state index contributed by atoms with van der Waals surface area (Å²) in [6.45, 7) is 6.92. The van der Waals surface area contributed by atoms with E-state index in [0.29, 0.717) is 30.9 Å². The largest absolute Gasteiger partial charge is 0.477 e. The van der Waals surface area contributed by atoms with Crippen LogP contribution in [0.2, 0.25) is 0 Å². The summed E-state index contributed by atoms with van der Waals surface area (Å²) in [5.74, 6) is 1.69. The van der Waals surface area contributed by atoms with E-state index in [1.54, 1.807) is 0 Å². The molecular weight excluding hydrogens is 348 g/mol.